The molecule has 1 aromatic heterocycles. The van der Waals surface area contributed by atoms with Crippen LogP contribution < -0.4 is 16.4 Å². The zero-order chi connectivity index (χ0) is 29.0. The van der Waals surface area contributed by atoms with E-state index in [1.807, 2.05) is 0 Å². The highest BCUT2D eigenvalue weighted by molar-refractivity contribution is 5.96. The van der Waals surface area contributed by atoms with Crippen molar-refractivity contribution in [3.05, 3.63) is 71.6 Å². The molecule has 12 heteroatoms. The maximum atomic E-state index is 13.3. The zero-order valence-corrected chi connectivity index (χ0v) is 21.7. The van der Waals surface area contributed by atoms with Crippen LogP contribution >= 0.6 is 0 Å². The highest BCUT2D eigenvalue weighted by atomic mass is 19.4. The number of nitrogens with two attached hydrogens (primary N) is 1. The van der Waals surface area contributed by atoms with Crippen LogP contribution in [0.3, 0.4) is 0 Å². The minimum Gasteiger partial charge on any atom is -0.463 e. The van der Waals surface area contributed by atoms with Gasteiger partial charge in [0.25, 0.3) is 5.91 Å². The lowest BCUT2D eigenvalue weighted by Crippen LogP contribution is -2.50. The largest absolute Gasteiger partial charge is 0.463 e. The van der Waals surface area contributed by atoms with Gasteiger partial charge in [-0.15, -0.1) is 0 Å². The molecule has 2 rings (SSSR count). The lowest BCUT2D eigenvalue weighted by Gasteiger charge is -2.22. The van der Waals surface area contributed by atoms with Gasteiger partial charge in [0.2, 0.25) is 11.8 Å². The summed E-state index contributed by atoms with van der Waals surface area (Å²) in [5, 5.41) is 5.33. The van der Waals surface area contributed by atoms with Gasteiger partial charge < -0.3 is 26.1 Å². The van der Waals surface area contributed by atoms with Gasteiger partial charge in [-0.05, 0) is 31.0 Å². The summed E-state index contributed by atoms with van der Waals surface area (Å²) in [6, 6.07) is 9.75. The summed E-state index contributed by atoms with van der Waals surface area (Å²) in [5.41, 5.74) is 6.20. The van der Waals surface area contributed by atoms with Crippen molar-refractivity contribution in [1.29, 1.82) is 0 Å². The zero-order valence-electron chi connectivity index (χ0n) is 21.7. The number of halogens is 3. The molecule has 0 saturated carbocycles. The Hall–Kier alpha value is -4.09. The topological polar surface area (TPSA) is 143 Å². The summed E-state index contributed by atoms with van der Waals surface area (Å²) in [4.78, 5) is 52.0. The minimum absolute atomic E-state index is 0.00243. The van der Waals surface area contributed by atoms with E-state index in [-0.39, 0.29) is 37.3 Å². The molecule has 3 amide bonds. The number of benzene rings is 1. The molecule has 2 aromatic rings. The molecular weight excluding hydrogens is 517 g/mol. The van der Waals surface area contributed by atoms with Crippen molar-refractivity contribution >= 4 is 23.7 Å². The van der Waals surface area contributed by atoms with Crippen LogP contribution in [0.1, 0.15) is 60.8 Å². The monoisotopic (exact) mass is 550 g/mol. The van der Waals surface area contributed by atoms with Crippen LogP contribution in [-0.2, 0) is 25.5 Å². The maximum Gasteiger partial charge on any atom is 0.389 e. The summed E-state index contributed by atoms with van der Waals surface area (Å²) in [6.45, 7) is 3.18. The number of hydrogen-bond donors (Lipinski definition) is 4. The molecule has 0 spiro atoms. The summed E-state index contributed by atoms with van der Waals surface area (Å²) in [6.07, 6.45) is -2.80. The van der Waals surface area contributed by atoms with E-state index in [1.165, 1.54) is 25.1 Å². The number of primary amides is 1. The van der Waals surface area contributed by atoms with Gasteiger partial charge in [0.15, 0.2) is 0 Å². The first-order chi connectivity index (χ1) is 18.4. The second-order valence-corrected chi connectivity index (χ2v) is 8.99. The van der Waals surface area contributed by atoms with E-state index in [4.69, 9.17) is 10.5 Å². The number of hydrogen-bond acceptors (Lipinski definition) is 5. The smallest absolute Gasteiger partial charge is 0.389 e. The number of H-pyrrole nitrogens is 1. The number of carbonyl (C=O) groups is 4. The fourth-order valence-electron chi connectivity index (χ4n) is 3.77. The van der Waals surface area contributed by atoms with Gasteiger partial charge in [-0.1, -0.05) is 43.3 Å². The van der Waals surface area contributed by atoms with E-state index in [1.54, 1.807) is 37.3 Å². The Balaban J connectivity index is 2.22. The molecule has 9 nitrogen and oxygen atoms in total. The number of nitrogens with one attached hydrogen (secondary N) is 3. The second-order valence-electron chi connectivity index (χ2n) is 8.99. The van der Waals surface area contributed by atoms with E-state index < -0.39 is 54.3 Å². The first kappa shape index (κ1) is 31.1. The average molecular weight is 551 g/mol. The second kappa shape index (κ2) is 14.7. The molecule has 0 aliphatic rings. The quantitative estimate of drug-likeness (QED) is 0.211. The van der Waals surface area contributed by atoms with Crippen LogP contribution in [-0.4, -0.2) is 53.5 Å². The maximum absolute atomic E-state index is 13.3. The molecule has 0 aliphatic heterocycles. The van der Waals surface area contributed by atoms with Gasteiger partial charge in [-0.2, -0.15) is 13.2 Å². The number of amides is 3. The minimum atomic E-state index is -4.36. The van der Waals surface area contributed by atoms with Gasteiger partial charge in [0.05, 0.1) is 13.0 Å². The van der Waals surface area contributed by atoms with E-state index in [0.717, 1.165) is 11.6 Å². The Morgan fingerprint density at radius 2 is 1.77 bits per heavy atom. The Morgan fingerprint density at radius 1 is 1.08 bits per heavy atom. The summed E-state index contributed by atoms with van der Waals surface area (Å²) in [7, 11) is 0. The third-order valence-electron chi connectivity index (χ3n) is 5.71. The molecule has 0 aliphatic carbocycles. The lowest BCUT2D eigenvalue weighted by molar-refractivity contribution is -0.138. The van der Waals surface area contributed by atoms with Crippen LogP contribution in [0.15, 0.2) is 54.6 Å². The van der Waals surface area contributed by atoms with Crippen molar-refractivity contribution in [2.24, 2.45) is 5.73 Å². The van der Waals surface area contributed by atoms with Crippen LogP contribution in [0.25, 0.3) is 0 Å². The van der Waals surface area contributed by atoms with Crippen molar-refractivity contribution < 1.29 is 37.1 Å². The number of aromatic amines is 1. The first-order valence-electron chi connectivity index (χ1n) is 12.4. The average Bonchev–Trinajstić information content (AvgIpc) is 3.36. The van der Waals surface area contributed by atoms with Crippen LogP contribution in [0, 0.1) is 0 Å². The Kier molecular flexibility index (Phi) is 11.8. The number of rotatable bonds is 14. The van der Waals surface area contributed by atoms with Crippen LogP contribution in [0.5, 0.6) is 0 Å². The number of ether oxygens (including phenoxy) is 1. The molecule has 0 saturated heterocycles. The fraction of sp³-hybridized carbons (Fsp3) is 0.407. The van der Waals surface area contributed by atoms with E-state index in [9.17, 15) is 32.3 Å². The van der Waals surface area contributed by atoms with Gasteiger partial charge in [-0.3, -0.25) is 14.4 Å². The van der Waals surface area contributed by atoms with Gasteiger partial charge in [0.1, 0.15) is 11.7 Å². The van der Waals surface area contributed by atoms with Crippen molar-refractivity contribution in [3.63, 3.8) is 0 Å². The van der Waals surface area contributed by atoms with Gasteiger partial charge in [-0.25, -0.2) is 4.79 Å². The lowest BCUT2D eigenvalue weighted by atomic mass is 10.0. The predicted octanol–water partition coefficient (Wildman–Crippen LogP) is 3.28. The number of esters is 1. The molecule has 0 bridgehead atoms. The number of aromatic nitrogens is 1. The molecule has 0 fully saturated rings. The fourth-order valence-corrected chi connectivity index (χ4v) is 3.77. The SMILES string of the molecule is CCOC(=O)/C=C/[C@H](CCC(N)=O)NC(=O)[C@H](Cc1ccccc1)NC(=O)c1ccc(C(C)CC(F)(F)F)[nH]1. The van der Waals surface area contributed by atoms with Crippen molar-refractivity contribution in [1.82, 2.24) is 15.6 Å². The summed E-state index contributed by atoms with van der Waals surface area (Å²) >= 11 is 0. The highest BCUT2D eigenvalue weighted by Gasteiger charge is 2.31. The molecule has 3 atom stereocenters. The molecule has 0 radical (unpaired) electrons. The molecule has 39 heavy (non-hydrogen) atoms. The summed E-state index contributed by atoms with van der Waals surface area (Å²) < 4.78 is 43.2. The molecule has 1 aromatic carbocycles. The Morgan fingerprint density at radius 3 is 2.38 bits per heavy atom. The van der Waals surface area contributed by atoms with Gasteiger partial charge >= 0.3 is 12.1 Å². The van der Waals surface area contributed by atoms with Crippen molar-refractivity contribution in [2.45, 2.75) is 63.7 Å². The van der Waals surface area contributed by atoms with Crippen LogP contribution in [0.2, 0.25) is 0 Å². The number of alkyl halides is 3. The molecular formula is C27H33F3N4O5. The Labute approximate surface area is 224 Å². The van der Waals surface area contributed by atoms with E-state index >= 15 is 0 Å². The van der Waals surface area contributed by atoms with Crippen molar-refractivity contribution in [3.8, 4) is 0 Å². The molecule has 1 unspecified atom stereocenters. The van der Waals surface area contributed by atoms with Crippen molar-refractivity contribution in [2.75, 3.05) is 6.61 Å². The highest BCUT2D eigenvalue weighted by Crippen LogP contribution is 2.30. The molecule has 5 N–H and O–H groups in total. The summed E-state index contributed by atoms with van der Waals surface area (Å²) in [5.74, 6) is -3.42. The van der Waals surface area contributed by atoms with E-state index in [0.29, 0.717) is 0 Å². The third-order valence-corrected chi connectivity index (χ3v) is 5.71. The molecule has 212 valence electrons. The number of carbonyl (C=O) groups excluding carboxylic acids is 4. The molecule has 1 heterocycles. The normalized spacial score (nSPS) is 13.9. The van der Waals surface area contributed by atoms with Crippen LogP contribution in [0.4, 0.5) is 13.2 Å². The Bertz CT molecular complexity index is 1150. The standard InChI is InChI=1S/C27H33F3N4O5/c1-3-39-24(36)14-10-19(9-13-23(31)35)32-26(38)22(15-18-7-5-4-6-8-18)34-25(37)21-12-11-20(33-21)17(2)16-27(28,29)30/h4-8,10-12,14,17,19,22,33H,3,9,13,15-16H2,1-2H3,(H2,31,35)(H,32,38)(H,34,37)/b14-10+/t17?,19-,22-/m0/s1. The predicted molar refractivity (Wildman–Crippen MR) is 137 cm³/mol. The first-order valence-corrected chi connectivity index (χ1v) is 12.4. The third kappa shape index (κ3) is 11.5. The van der Waals surface area contributed by atoms with Gasteiger partial charge in [0, 0.05) is 36.6 Å². The van der Waals surface area contributed by atoms with E-state index in [2.05, 4.69) is 15.6 Å².